The number of nitrogens with one attached hydrogen (secondary N) is 1. The molecule has 3 rings (SSSR count). The van der Waals surface area contributed by atoms with Gasteiger partial charge in [-0.2, -0.15) is 5.10 Å². The maximum absolute atomic E-state index is 12.2. The van der Waals surface area contributed by atoms with Crippen LogP contribution in [-0.2, 0) is 6.42 Å². The first-order valence-electron chi connectivity index (χ1n) is 7.78. The third kappa shape index (κ3) is 3.63. The average Bonchev–Trinajstić information content (AvgIpc) is 3.13. The highest BCUT2D eigenvalue weighted by molar-refractivity contribution is 5.93. The van der Waals surface area contributed by atoms with Gasteiger partial charge in [0.05, 0.1) is 24.6 Å². The second-order valence-electron chi connectivity index (χ2n) is 5.33. The SMILES string of the molecule is COc1ccccc1CCNC(=O)c1cnn(-c2ccccc2)c1. The Hall–Kier alpha value is -3.08. The first-order chi connectivity index (χ1) is 11.8. The minimum atomic E-state index is -0.132. The minimum absolute atomic E-state index is 0.132. The molecule has 1 aromatic heterocycles. The molecule has 0 saturated carbocycles. The van der Waals surface area contributed by atoms with Crippen LogP contribution >= 0.6 is 0 Å². The molecule has 1 N–H and O–H groups in total. The highest BCUT2D eigenvalue weighted by atomic mass is 16.5. The summed E-state index contributed by atoms with van der Waals surface area (Å²) in [6, 6.07) is 17.5. The number of amides is 1. The van der Waals surface area contributed by atoms with Gasteiger partial charge in [0.1, 0.15) is 5.75 Å². The zero-order chi connectivity index (χ0) is 16.8. The summed E-state index contributed by atoms with van der Waals surface area (Å²) in [5.74, 6) is 0.704. The van der Waals surface area contributed by atoms with E-state index in [4.69, 9.17) is 4.74 Å². The van der Waals surface area contributed by atoms with E-state index in [0.29, 0.717) is 18.5 Å². The van der Waals surface area contributed by atoms with Crippen molar-refractivity contribution >= 4 is 5.91 Å². The van der Waals surface area contributed by atoms with Gasteiger partial charge in [-0.1, -0.05) is 36.4 Å². The molecule has 1 heterocycles. The molecule has 0 aliphatic rings. The van der Waals surface area contributed by atoms with Gasteiger partial charge < -0.3 is 10.1 Å². The maximum atomic E-state index is 12.2. The van der Waals surface area contributed by atoms with Crippen LogP contribution in [0.2, 0.25) is 0 Å². The Bertz CT molecular complexity index is 812. The molecule has 0 spiro atoms. The molecule has 0 saturated heterocycles. The molecule has 1 amide bonds. The second kappa shape index (κ2) is 7.46. The van der Waals surface area contributed by atoms with E-state index in [1.165, 1.54) is 0 Å². The summed E-state index contributed by atoms with van der Waals surface area (Å²) in [5, 5.41) is 7.15. The number of carbonyl (C=O) groups excluding carboxylic acids is 1. The minimum Gasteiger partial charge on any atom is -0.496 e. The summed E-state index contributed by atoms with van der Waals surface area (Å²) in [7, 11) is 1.65. The zero-order valence-electron chi connectivity index (χ0n) is 13.5. The summed E-state index contributed by atoms with van der Waals surface area (Å²) >= 11 is 0. The average molecular weight is 321 g/mol. The normalized spacial score (nSPS) is 10.4. The molecule has 5 nitrogen and oxygen atoms in total. The van der Waals surface area contributed by atoms with Gasteiger partial charge in [0.15, 0.2) is 0 Å². The van der Waals surface area contributed by atoms with E-state index >= 15 is 0 Å². The predicted molar refractivity (Wildman–Crippen MR) is 92.6 cm³/mol. The molecule has 5 heteroatoms. The largest absolute Gasteiger partial charge is 0.496 e. The number of carbonyl (C=O) groups is 1. The Morgan fingerprint density at radius 3 is 2.67 bits per heavy atom. The molecule has 3 aromatic rings. The number of benzene rings is 2. The van der Waals surface area contributed by atoms with Crippen molar-refractivity contribution < 1.29 is 9.53 Å². The van der Waals surface area contributed by atoms with Crippen molar-refractivity contribution in [3.63, 3.8) is 0 Å². The van der Waals surface area contributed by atoms with E-state index in [0.717, 1.165) is 17.0 Å². The van der Waals surface area contributed by atoms with Crippen molar-refractivity contribution in [3.8, 4) is 11.4 Å². The lowest BCUT2D eigenvalue weighted by molar-refractivity contribution is 0.0954. The van der Waals surface area contributed by atoms with Crippen molar-refractivity contribution in [1.82, 2.24) is 15.1 Å². The van der Waals surface area contributed by atoms with Gasteiger partial charge in [-0.3, -0.25) is 4.79 Å². The third-order valence-corrected chi connectivity index (χ3v) is 3.74. The second-order valence-corrected chi connectivity index (χ2v) is 5.33. The number of nitrogens with zero attached hydrogens (tertiary/aromatic N) is 2. The summed E-state index contributed by atoms with van der Waals surface area (Å²) in [5.41, 5.74) is 2.53. The van der Waals surface area contributed by atoms with Gasteiger partial charge in [-0.05, 0) is 30.2 Å². The van der Waals surface area contributed by atoms with Gasteiger partial charge >= 0.3 is 0 Å². The molecule has 0 unspecified atom stereocenters. The van der Waals surface area contributed by atoms with Crippen LogP contribution in [-0.4, -0.2) is 29.3 Å². The van der Waals surface area contributed by atoms with Crippen LogP contribution in [0.4, 0.5) is 0 Å². The molecule has 2 aromatic carbocycles. The highest BCUT2D eigenvalue weighted by Crippen LogP contribution is 2.17. The molecule has 122 valence electrons. The van der Waals surface area contributed by atoms with E-state index in [1.54, 1.807) is 24.2 Å². The van der Waals surface area contributed by atoms with E-state index < -0.39 is 0 Å². The van der Waals surface area contributed by atoms with Gasteiger partial charge in [0, 0.05) is 12.7 Å². The quantitative estimate of drug-likeness (QED) is 0.759. The van der Waals surface area contributed by atoms with Crippen molar-refractivity contribution in [2.45, 2.75) is 6.42 Å². The lowest BCUT2D eigenvalue weighted by Crippen LogP contribution is -2.25. The van der Waals surface area contributed by atoms with Crippen LogP contribution in [0, 0.1) is 0 Å². The number of methoxy groups -OCH3 is 1. The number of ether oxygens (including phenoxy) is 1. The molecule has 0 radical (unpaired) electrons. The lowest BCUT2D eigenvalue weighted by atomic mass is 10.1. The molecule has 0 aliphatic heterocycles. The fourth-order valence-electron chi connectivity index (χ4n) is 2.48. The monoisotopic (exact) mass is 321 g/mol. The van der Waals surface area contributed by atoms with Crippen LogP contribution in [0.3, 0.4) is 0 Å². The summed E-state index contributed by atoms with van der Waals surface area (Å²) < 4.78 is 7.00. The Morgan fingerprint density at radius 2 is 1.88 bits per heavy atom. The fraction of sp³-hybridized carbons (Fsp3) is 0.158. The summed E-state index contributed by atoms with van der Waals surface area (Å²) in [6.07, 6.45) is 4.02. The van der Waals surface area contributed by atoms with Crippen LogP contribution < -0.4 is 10.1 Å². The molecule has 0 aliphatic carbocycles. The van der Waals surface area contributed by atoms with Crippen molar-refractivity contribution in [3.05, 3.63) is 78.1 Å². The number of para-hydroxylation sites is 2. The van der Waals surface area contributed by atoms with Crippen LogP contribution in [0.1, 0.15) is 15.9 Å². The van der Waals surface area contributed by atoms with E-state index in [-0.39, 0.29) is 5.91 Å². The summed E-state index contributed by atoms with van der Waals surface area (Å²) in [6.45, 7) is 0.537. The van der Waals surface area contributed by atoms with Gasteiger partial charge in [-0.25, -0.2) is 4.68 Å². The van der Waals surface area contributed by atoms with Crippen molar-refractivity contribution in [2.75, 3.05) is 13.7 Å². The molecular weight excluding hydrogens is 302 g/mol. The maximum Gasteiger partial charge on any atom is 0.254 e. The predicted octanol–water partition coefficient (Wildman–Crippen LogP) is 2.85. The standard InChI is InChI=1S/C19H19N3O2/c1-24-18-10-6-5-7-15(18)11-12-20-19(23)16-13-21-22(14-16)17-8-3-2-4-9-17/h2-10,13-14H,11-12H2,1H3,(H,20,23). The van der Waals surface area contributed by atoms with E-state index in [9.17, 15) is 4.79 Å². The first-order valence-corrected chi connectivity index (χ1v) is 7.78. The topological polar surface area (TPSA) is 56.1 Å². The van der Waals surface area contributed by atoms with Gasteiger partial charge in [0.25, 0.3) is 5.91 Å². The summed E-state index contributed by atoms with van der Waals surface area (Å²) in [4.78, 5) is 12.2. The Balaban J connectivity index is 1.59. The van der Waals surface area contributed by atoms with E-state index in [1.807, 2.05) is 54.6 Å². The van der Waals surface area contributed by atoms with Crippen LogP contribution in [0.25, 0.3) is 5.69 Å². The van der Waals surface area contributed by atoms with Gasteiger partial charge in [0.2, 0.25) is 0 Å². The fourth-order valence-corrected chi connectivity index (χ4v) is 2.48. The smallest absolute Gasteiger partial charge is 0.254 e. The Kier molecular flexibility index (Phi) is 4.91. The third-order valence-electron chi connectivity index (χ3n) is 3.74. The number of aromatic nitrogens is 2. The highest BCUT2D eigenvalue weighted by Gasteiger charge is 2.09. The first kappa shape index (κ1) is 15.8. The zero-order valence-corrected chi connectivity index (χ0v) is 13.5. The Morgan fingerprint density at radius 1 is 1.12 bits per heavy atom. The number of rotatable bonds is 6. The lowest BCUT2D eigenvalue weighted by Gasteiger charge is -2.08. The van der Waals surface area contributed by atoms with Crippen molar-refractivity contribution in [2.24, 2.45) is 0 Å². The van der Waals surface area contributed by atoms with Gasteiger partial charge in [-0.15, -0.1) is 0 Å². The molecule has 0 fully saturated rings. The molecule has 24 heavy (non-hydrogen) atoms. The van der Waals surface area contributed by atoms with Crippen LogP contribution in [0.15, 0.2) is 67.0 Å². The molecule has 0 atom stereocenters. The molecular formula is C19H19N3O2. The molecule has 0 bridgehead atoms. The number of hydrogen-bond acceptors (Lipinski definition) is 3. The van der Waals surface area contributed by atoms with E-state index in [2.05, 4.69) is 10.4 Å². The van der Waals surface area contributed by atoms with Crippen LogP contribution in [0.5, 0.6) is 5.75 Å². The number of hydrogen-bond donors (Lipinski definition) is 1. The Labute approximate surface area is 140 Å². The van der Waals surface area contributed by atoms with Crippen molar-refractivity contribution in [1.29, 1.82) is 0 Å².